The summed E-state index contributed by atoms with van der Waals surface area (Å²) in [5.41, 5.74) is 6.19. The first-order valence-corrected chi connectivity index (χ1v) is 5.21. The Morgan fingerprint density at radius 2 is 2.38 bits per heavy atom. The molecule has 16 heavy (non-hydrogen) atoms. The minimum Gasteiger partial charge on any atom is -0.337 e. The van der Waals surface area contributed by atoms with Gasteiger partial charge in [0.1, 0.15) is 5.15 Å². The van der Waals surface area contributed by atoms with Gasteiger partial charge in [0.15, 0.2) is 0 Å². The first-order valence-electron chi connectivity index (χ1n) is 4.84. The number of nitrogens with two attached hydrogens (primary N) is 1. The van der Waals surface area contributed by atoms with Gasteiger partial charge in [0.25, 0.3) is 5.91 Å². The second-order valence-electron chi connectivity index (χ2n) is 3.64. The van der Waals surface area contributed by atoms with E-state index in [1.807, 2.05) is 0 Å². The van der Waals surface area contributed by atoms with Gasteiger partial charge in [-0.3, -0.25) is 4.79 Å². The van der Waals surface area contributed by atoms with E-state index in [-0.39, 0.29) is 29.5 Å². The van der Waals surface area contributed by atoms with Crippen molar-refractivity contribution in [3.63, 3.8) is 0 Å². The monoisotopic (exact) mass is 261 g/mol. The third-order valence-electron chi connectivity index (χ3n) is 2.50. The van der Waals surface area contributed by atoms with Crippen LogP contribution in [0.4, 0.5) is 0 Å². The van der Waals surface area contributed by atoms with Crippen molar-refractivity contribution in [2.24, 2.45) is 5.73 Å². The van der Waals surface area contributed by atoms with Gasteiger partial charge < -0.3 is 10.6 Å². The first kappa shape index (κ1) is 13.2. The molecule has 6 heteroatoms. The largest absolute Gasteiger partial charge is 0.337 e. The average molecular weight is 262 g/mol. The van der Waals surface area contributed by atoms with Crippen molar-refractivity contribution in [2.45, 2.75) is 12.5 Å². The van der Waals surface area contributed by atoms with Gasteiger partial charge in [-0.25, -0.2) is 4.98 Å². The van der Waals surface area contributed by atoms with Gasteiger partial charge in [0.2, 0.25) is 0 Å². The summed E-state index contributed by atoms with van der Waals surface area (Å²) < 4.78 is 0. The van der Waals surface area contributed by atoms with Crippen LogP contribution < -0.4 is 5.73 Å². The zero-order chi connectivity index (χ0) is 10.8. The summed E-state index contributed by atoms with van der Waals surface area (Å²) >= 11 is 5.84. The fourth-order valence-corrected chi connectivity index (χ4v) is 1.89. The summed E-state index contributed by atoms with van der Waals surface area (Å²) in [6, 6.07) is 3.47. The Morgan fingerprint density at radius 3 is 2.94 bits per heavy atom. The van der Waals surface area contributed by atoms with E-state index in [0.29, 0.717) is 18.7 Å². The third-order valence-corrected chi connectivity index (χ3v) is 2.80. The highest BCUT2D eigenvalue weighted by Crippen LogP contribution is 2.17. The van der Waals surface area contributed by atoms with Gasteiger partial charge in [-0.2, -0.15) is 0 Å². The minimum atomic E-state index is -0.0824. The first-order chi connectivity index (χ1) is 7.18. The van der Waals surface area contributed by atoms with E-state index < -0.39 is 0 Å². The van der Waals surface area contributed by atoms with Crippen molar-refractivity contribution >= 4 is 29.9 Å². The van der Waals surface area contributed by atoms with Crippen molar-refractivity contribution in [3.8, 4) is 0 Å². The van der Waals surface area contributed by atoms with E-state index >= 15 is 0 Å². The molecular weight excluding hydrogens is 249 g/mol. The van der Waals surface area contributed by atoms with E-state index in [0.717, 1.165) is 6.42 Å². The molecule has 88 valence electrons. The normalized spacial score (nSPS) is 19.4. The zero-order valence-electron chi connectivity index (χ0n) is 8.60. The highest BCUT2D eigenvalue weighted by molar-refractivity contribution is 6.32. The van der Waals surface area contributed by atoms with Gasteiger partial charge >= 0.3 is 0 Å². The van der Waals surface area contributed by atoms with Crippen LogP contribution in [0.1, 0.15) is 16.8 Å². The number of carbonyl (C=O) groups excluding carboxylic acids is 1. The number of rotatable bonds is 1. The van der Waals surface area contributed by atoms with Crippen LogP contribution in [-0.2, 0) is 0 Å². The average Bonchev–Trinajstić information content (AvgIpc) is 2.65. The van der Waals surface area contributed by atoms with Crippen LogP contribution in [-0.4, -0.2) is 34.9 Å². The zero-order valence-corrected chi connectivity index (χ0v) is 10.2. The number of hydrogen-bond donors (Lipinski definition) is 1. The Balaban J connectivity index is 0.00000128. The van der Waals surface area contributed by atoms with Crippen molar-refractivity contribution < 1.29 is 4.79 Å². The van der Waals surface area contributed by atoms with Crippen LogP contribution >= 0.6 is 24.0 Å². The molecule has 1 aromatic heterocycles. The molecule has 1 atom stereocenters. The molecule has 1 aliphatic rings. The molecule has 4 nitrogen and oxygen atoms in total. The maximum Gasteiger partial charge on any atom is 0.257 e. The van der Waals surface area contributed by atoms with E-state index in [2.05, 4.69) is 4.98 Å². The predicted octanol–water partition coefficient (Wildman–Crippen LogP) is 1.33. The SMILES string of the molecule is Cl.NC1CCN(C(=O)c2cccnc2Cl)C1. The number of pyridine rings is 1. The Hall–Kier alpha value is -0.840. The lowest BCUT2D eigenvalue weighted by atomic mass is 10.2. The summed E-state index contributed by atoms with van der Waals surface area (Å²) in [4.78, 5) is 17.6. The summed E-state index contributed by atoms with van der Waals surface area (Å²) in [6.07, 6.45) is 2.42. The molecule has 1 fully saturated rings. The number of amides is 1. The van der Waals surface area contributed by atoms with Gasteiger partial charge in [0.05, 0.1) is 5.56 Å². The molecule has 1 unspecified atom stereocenters. The summed E-state index contributed by atoms with van der Waals surface area (Å²) in [6.45, 7) is 1.30. The Kier molecular flexibility index (Phi) is 4.53. The van der Waals surface area contributed by atoms with Crippen LogP contribution in [0.25, 0.3) is 0 Å². The number of nitrogens with zero attached hydrogens (tertiary/aromatic N) is 2. The molecule has 1 aliphatic heterocycles. The lowest BCUT2D eigenvalue weighted by Gasteiger charge is -2.15. The number of carbonyl (C=O) groups is 1. The predicted molar refractivity (Wildman–Crippen MR) is 65.0 cm³/mol. The highest BCUT2D eigenvalue weighted by Gasteiger charge is 2.25. The lowest BCUT2D eigenvalue weighted by Crippen LogP contribution is -2.32. The molecule has 0 spiro atoms. The quantitative estimate of drug-likeness (QED) is 0.777. The maximum absolute atomic E-state index is 12.0. The van der Waals surface area contributed by atoms with E-state index in [4.69, 9.17) is 17.3 Å². The lowest BCUT2D eigenvalue weighted by molar-refractivity contribution is 0.0790. The van der Waals surface area contributed by atoms with Crippen LogP contribution in [0.2, 0.25) is 5.15 Å². The molecule has 2 N–H and O–H groups in total. The molecule has 1 saturated heterocycles. The summed E-state index contributed by atoms with van der Waals surface area (Å²) in [5, 5.41) is 0.253. The second-order valence-corrected chi connectivity index (χ2v) is 4.00. The van der Waals surface area contributed by atoms with Crippen molar-refractivity contribution in [1.82, 2.24) is 9.88 Å². The Morgan fingerprint density at radius 1 is 1.62 bits per heavy atom. The Labute approximate surface area is 105 Å². The second kappa shape index (κ2) is 5.48. The molecule has 1 aromatic rings. The summed E-state index contributed by atoms with van der Waals surface area (Å²) in [5.74, 6) is -0.0824. The topological polar surface area (TPSA) is 59.2 Å². The Bertz CT molecular complexity index is 386. The number of aromatic nitrogens is 1. The van der Waals surface area contributed by atoms with Crippen molar-refractivity contribution in [3.05, 3.63) is 29.0 Å². The molecule has 0 aliphatic carbocycles. The molecule has 0 aromatic carbocycles. The molecule has 2 heterocycles. The number of halogens is 2. The number of hydrogen-bond acceptors (Lipinski definition) is 3. The van der Waals surface area contributed by atoms with Gasteiger partial charge in [-0.15, -0.1) is 12.4 Å². The van der Waals surface area contributed by atoms with E-state index in [1.165, 1.54) is 0 Å². The molecule has 1 amide bonds. The standard InChI is InChI=1S/C10H12ClN3O.ClH/c11-9-8(2-1-4-13-9)10(15)14-5-3-7(12)6-14;/h1-2,4,7H,3,5-6,12H2;1H. The van der Waals surface area contributed by atoms with E-state index in [9.17, 15) is 4.79 Å². The molecule has 0 saturated carbocycles. The fourth-order valence-electron chi connectivity index (χ4n) is 1.69. The fraction of sp³-hybridized carbons (Fsp3) is 0.400. The van der Waals surface area contributed by atoms with Crippen molar-refractivity contribution in [2.75, 3.05) is 13.1 Å². The molecule has 0 bridgehead atoms. The smallest absolute Gasteiger partial charge is 0.257 e. The van der Waals surface area contributed by atoms with Crippen LogP contribution in [0.5, 0.6) is 0 Å². The van der Waals surface area contributed by atoms with Crippen LogP contribution in [0.3, 0.4) is 0 Å². The van der Waals surface area contributed by atoms with Crippen LogP contribution in [0, 0.1) is 0 Å². The van der Waals surface area contributed by atoms with Crippen LogP contribution in [0.15, 0.2) is 18.3 Å². The van der Waals surface area contributed by atoms with Gasteiger partial charge in [-0.1, -0.05) is 11.6 Å². The molecule has 2 rings (SSSR count). The van der Waals surface area contributed by atoms with E-state index in [1.54, 1.807) is 23.2 Å². The number of likely N-dealkylation sites (tertiary alicyclic amines) is 1. The van der Waals surface area contributed by atoms with Crippen molar-refractivity contribution in [1.29, 1.82) is 0 Å². The van der Waals surface area contributed by atoms with Gasteiger partial charge in [-0.05, 0) is 18.6 Å². The minimum absolute atomic E-state index is 0. The summed E-state index contributed by atoms with van der Waals surface area (Å²) in [7, 11) is 0. The van der Waals surface area contributed by atoms with Gasteiger partial charge in [0, 0.05) is 25.3 Å². The molecular formula is C10H13Cl2N3O. The highest BCUT2D eigenvalue weighted by atomic mass is 35.5. The molecule has 0 radical (unpaired) electrons. The third kappa shape index (κ3) is 2.64. The maximum atomic E-state index is 12.0.